The van der Waals surface area contributed by atoms with E-state index in [1.165, 1.54) is 6.20 Å². The number of nitrogens with zero attached hydrogens (tertiary/aromatic N) is 4. The molecule has 0 saturated heterocycles. The number of rotatable bonds is 7. The Hall–Kier alpha value is -2.84. The fraction of sp³-hybridized carbons (Fsp3) is 0.450. The fourth-order valence-corrected chi connectivity index (χ4v) is 2.87. The number of aryl methyl sites for hydroxylation is 1. The Morgan fingerprint density at radius 1 is 1.21 bits per heavy atom. The molecule has 1 atom stereocenters. The normalized spacial score (nSPS) is 13.1. The Labute approximate surface area is 167 Å². The highest BCUT2D eigenvalue weighted by Crippen LogP contribution is 2.27. The minimum Gasteiger partial charge on any atom is -0.468 e. The average Bonchev–Trinajstić information content (AvgIpc) is 3.08. The van der Waals surface area contributed by atoms with Gasteiger partial charge in [-0.3, -0.25) is 4.68 Å². The zero-order valence-electron chi connectivity index (χ0n) is 16.8. The topological polar surface area (TPSA) is 64.9 Å². The van der Waals surface area contributed by atoms with Gasteiger partial charge in [-0.25, -0.2) is 9.97 Å². The van der Waals surface area contributed by atoms with Crippen molar-refractivity contribution >= 4 is 16.7 Å². The number of nitrogens with one attached hydrogen (secondary N) is 1. The number of hydrogen-bond donors (Lipinski definition) is 1. The smallest absolute Gasteiger partial charge is 0.422 e. The maximum Gasteiger partial charge on any atom is 0.422 e. The molecule has 3 aromatic rings. The highest BCUT2D eigenvalue weighted by Gasteiger charge is 2.29. The van der Waals surface area contributed by atoms with E-state index in [4.69, 9.17) is 4.74 Å². The van der Waals surface area contributed by atoms with Crippen LogP contribution >= 0.6 is 0 Å². The van der Waals surface area contributed by atoms with Crippen LogP contribution in [-0.4, -0.2) is 39.1 Å². The molecule has 0 radical (unpaired) electrons. The molecule has 3 heterocycles. The molecule has 156 valence electrons. The molecule has 0 bridgehead atoms. The van der Waals surface area contributed by atoms with Gasteiger partial charge in [-0.05, 0) is 37.5 Å². The molecule has 3 aromatic heterocycles. The Bertz CT molecular complexity index is 984. The van der Waals surface area contributed by atoms with Crippen molar-refractivity contribution in [1.29, 1.82) is 0 Å². The molecule has 1 unspecified atom stereocenters. The van der Waals surface area contributed by atoms with Crippen LogP contribution in [0.2, 0.25) is 0 Å². The largest absolute Gasteiger partial charge is 0.468 e. The van der Waals surface area contributed by atoms with Crippen molar-refractivity contribution < 1.29 is 17.9 Å². The van der Waals surface area contributed by atoms with Crippen molar-refractivity contribution in [2.75, 3.05) is 18.5 Å². The van der Waals surface area contributed by atoms with E-state index in [-0.39, 0.29) is 11.9 Å². The molecule has 9 heteroatoms. The van der Waals surface area contributed by atoms with Gasteiger partial charge in [0.15, 0.2) is 6.61 Å². The molecule has 6 nitrogen and oxygen atoms in total. The summed E-state index contributed by atoms with van der Waals surface area (Å²) in [5.41, 5.74) is 2.17. The summed E-state index contributed by atoms with van der Waals surface area (Å²) in [6.07, 6.45) is 0.751. The lowest BCUT2D eigenvalue weighted by Crippen LogP contribution is -2.20. The first kappa shape index (κ1) is 20.9. The molecule has 0 aliphatic carbocycles. The van der Waals surface area contributed by atoms with Gasteiger partial charge in [0.2, 0.25) is 5.88 Å². The molecular formula is C20H24F3N5O. The molecule has 0 saturated carbocycles. The van der Waals surface area contributed by atoms with Crippen molar-refractivity contribution in [2.24, 2.45) is 5.92 Å². The van der Waals surface area contributed by atoms with E-state index < -0.39 is 12.8 Å². The van der Waals surface area contributed by atoms with Crippen molar-refractivity contribution in [3.8, 4) is 5.88 Å². The molecule has 0 aliphatic heterocycles. The van der Waals surface area contributed by atoms with E-state index in [1.54, 1.807) is 23.9 Å². The predicted molar refractivity (Wildman–Crippen MR) is 105 cm³/mol. The van der Waals surface area contributed by atoms with Gasteiger partial charge in [-0.1, -0.05) is 13.8 Å². The minimum absolute atomic E-state index is 0.0201. The molecule has 3 rings (SSSR count). The van der Waals surface area contributed by atoms with Gasteiger partial charge in [-0.15, -0.1) is 0 Å². The summed E-state index contributed by atoms with van der Waals surface area (Å²) in [6.45, 7) is 7.31. The van der Waals surface area contributed by atoms with Crippen LogP contribution in [0.3, 0.4) is 0 Å². The summed E-state index contributed by atoms with van der Waals surface area (Å²) in [7, 11) is 0. The second-order valence-corrected chi connectivity index (χ2v) is 7.45. The van der Waals surface area contributed by atoms with Crippen molar-refractivity contribution in [3.63, 3.8) is 0 Å². The number of halogens is 3. The van der Waals surface area contributed by atoms with Crippen LogP contribution in [0.1, 0.15) is 37.9 Å². The van der Waals surface area contributed by atoms with Crippen LogP contribution in [0, 0.1) is 12.8 Å². The third kappa shape index (κ3) is 5.16. The Morgan fingerprint density at radius 3 is 2.62 bits per heavy atom. The first-order chi connectivity index (χ1) is 13.6. The van der Waals surface area contributed by atoms with Crippen molar-refractivity contribution in [3.05, 3.63) is 41.9 Å². The van der Waals surface area contributed by atoms with Gasteiger partial charge >= 0.3 is 6.18 Å². The second-order valence-electron chi connectivity index (χ2n) is 7.45. The SMILES string of the molecule is Cc1cc(C(C)n2cc3c(NCC(C)C)nccc3n2)cnc1OCC(F)(F)F. The number of alkyl halides is 3. The zero-order valence-corrected chi connectivity index (χ0v) is 16.8. The van der Waals surface area contributed by atoms with Crippen LogP contribution in [0.15, 0.2) is 30.7 Å². The lowest BCUT2D eigenvalue weighted by Gasteiger charge is -2.15. The van der Waals surface area contributed by atoms with Crippen molar-refractivity contribution in [1.82, 2.24) is 19.7 Å². The van der Waals surface area contributed by atoms with E-state index >= 15 is 0 Å². The second kappa shape index (κ2) is 8.26. The van der Waals surface area contributed by atoms with Crippen LogP contribution in [0.25, 0.3) is 10.9 Å². The Balaban J connectivity index is 1.83. The van der Waals surface area contributed by atoms with Gasteiger partial charge in [0, 0.05) is 30.7 Å². The van der Waals surface area contributed by atoms with Gasteiger partial charge in [-0.2, -0.15) is 18.3 Å². The number of pyridine rings is 2. The molecule has 0 amide bonds. The quantitative estimate of drug-likeness (QED) is 0.612. The summed E-state index contributed by atoms with van der Waals surface area (Å²) in [6, 6.07) is 3.45. The van der Waals surface area contributed by atoms with Crippen LogP contribution in [0.5, 0.6) is 5.88 Å². The Kier molecular flexibility index (Phi) is 5.95. The van der Waals surface area contributed by atoms with Gasteiger partial charge < -0.3 is 10.1 Å². The molecule has 0 aliphatic rings. The van der Waals surface area contributed by atoms with E-state index in [9.17, 15) is 13.2 Å². The number of anilines is 1. The average molecular weight is 407 g/mol. The monoisotopic (exact) mass is 407 g/mol. The molecule has 29 heavy (non-hydrogen) atoms. The highest BCUT2D eigenvalue weighted by molar-refractivity contribution is 5.88. The number of fused-ring (bicyclic) bond motifs is 1. The highest BCUT2D eigenvalue weighted by atomic mass is 19.4. The third-order valence-corrected chi connectivity index (χ3v) is 4.43. The number of hydrogen-bond acceptors (Lipinski definition) is 5. The summed E-state index contributed by atoms with van der Waals surface area (Å²) in [5.74, 6) is 1.24. The first-order valence-electron chi connectivity index (χ1n) is 9.38. The summed E-state index contributed by atoms with van der Waals surface area (Å²) < 4.78 is 43.7. The fourth-order valence-electron chi connectivity index (χ4n) is 2.87. The van der Waals surface area contributed by atoms with E-state index in [0.29, 0.717) is 11.5 Å². The third-order valence-electron chi connectivity index (χ3n) is 4.43. The number of ether oxygens (including phenoxy) is 1. The van der Waals surface area contributed by atoms with E-state index in [1.807, 2.05) is 19.2 Å². The zero-order chi connectivity index (χ0) is 21.2. The maximum atomic E-state index is 12.4. The predicted octanol–water partition coefficient (Wildman–Crippen LogP) is 4.75. The molecule has 1 N–H and O–H groups in total. The summed E-state index contributed by atoms with van der Waals surface area (Å²) in [5, 5.41) is 8.87. The van der Waals surface area contributed by atoms with Crippen LogP contribution in [-0.2, 0) is 0 Å². The molecular weight excluding hydrogens is 383 g/mol. The van der Waals surface area contributed by atoms with Crippen LogP contribution < -0.4 is 10.1 Å². The summed E-state index contributed by atoms with van der Waals surface area (Å²) in [4.78, 5) is 8.47. The van der Waals surface area contributed by atoms with E-state index in [2.05, 4.69) is 34.2 Å². The summed E-state index contributed by atoms with van der Waals surface area (Å²) >= 11 is 0. The van der Waals surface area contributed by atoms with Crippen LogP contribution in [0.4, 0.5) is 19.0 Å². The van der Waals surface area contributed by atoms with Gasteiger partial charge in [0.25, 0.3) is 0 Å². The first-order valence-corrected chi connectivity index (χ1v) is 9.38. The molecule has 0 spiro atoms. The van der Waals surface area contributed by atoms with E-state index in [0.717, 1.165) is 28.8 Å². The lowest BCUT2D eigenvalue weighted by atomic mass is 10.1. The molecule has 0 fully saturated rings. The van der Waals surface area contributed by atoms with Crippen molar-refractivity contribution in [2.45, 2.75) is 39.9 Å². The molecule has 0 aromatic carbocycles. The number of aromatic nitrogens is 4. The Morgan fingerprint density at radius 2 is 1.97 bits per heavy atom. The van der Waals surface area contributed by atoms with Gasteiger partial charge in [0.1, 0.15) is 5.82 Å². The standard InChI is InChI=1S/C20H24F3N5O/c1-12(2)8-25-18-16-10-28(27-17(16)5-6-24-18)14(4)15-7-13(3)19(26-9-15)29-11-20(21,22)23/h5-7,9-10,12,14H,8,11H2,1-4H3,(H,24,25). The van der Waals surface area contributed by atoms with Gasteiger partial charge in [0.05, 0.1) is 16.9 Å². The lowest BCUT2D eigenvalue weighted by molar-refractivity contribution is -0.154. The minimum atomic E-state index is -4.40. The maximum absolute atomic E-state index is 12.4.